The number of hydrogen-bond acceptors (Lipinski definition) is 3. The van der Waals surface area contributed by atoms with Crippen LogP contribution in [0.1, 0.15) is 13.3 Å². The number of likely N-dealkylation sites (N-methyl/N-ethyl adjacent to an activating group) is 1. The van der Waals surface area contributed by atoms with E-state index in [-0.39, 0.29) is 18.1 Å². The van der Waals surface area contributed by atoms with E-state index in [9.17, 15) is 9.59 Å². The van der Waals surface area contributed by atoms with Gasteiger partial charge in [0.2, 0.25) is 5.91 Å². The van der Waals surface area contributed by atoms with Crippen LogP contribution in [-0.2, 0) is 9.59 Å². The van der Waals surface area contributed by atoms with Gasteiger partial charge in [-0.25, -0.2) is 0 Å². The second-order valence-corrected chi connectivity index (χ2v) is 2.75. The highest BCUT2D eigenvalue weighted by atomic mass is 127. The van der Waals surface area contributed by atoms with Gasteiger partial charge < -0.3 is 5.32 Å². The van der Waals surface area contributed by atoms with Gasteiger partial charge in [-0.2, -0.15) is 0 Å². The first-order valence-electron chi connectivity index (χ1n) is 3.19. The van der Waals surface area contributed by atoms with Crippen LogP contribution in [0, 0.1) is 0 Å². The zero-order valence-corrected chi connectivity index (χ0v) is 8.64. The molecule has 5 heteroatoms. The normalized spacial score (nSPS) is 12.3. The van der Waals surface area contributed by atoms with E-state index in [2.05, 4.69) is 8.85 Å². The second kappa shape index (κ2) is 5.48. The maximum atomic E-state index is 10.9. The number of amides is 1. The molecule has 0 radical (unpaired) electrons. The van der Waals surface area contributed by atoms with Gasteiger partial charge in [0.25, 0.3) is 0 Å². The monoisotopic (exact) mass is 270 g/mol. The Morgan fingerprint density at radius 3 is 2.36 bits per heavy atom. The summed E-state index contributed by atoms with van der Waals surface area (Å²) in [5.74, 6) is -0.160. The van der Waals surface area contributed by atoms with Gasteiger partial charge in [0.15, 0.2) is 0 Å². The van der Waals surface area contributed by atoms with Gasteiger partial charge in [0.1, 0.15) is 5.78 Å². The highest BCUT2D eigenvalue weighted by molar-refractivity contribution is 14.1. The summed E-state index contributed by atoms with van der Waals surface area (Å²) in [5, 5.41) is 2.75. The minimum absolute atomic E-state index is 0.00403. The number of Topliss-reactive ketones (excluding diaryl/α,β-unsaturated/α-hetero) is 1. The van der Waals surface area contributed by atoms with Crippen molar-refractivity contribution in [1.82, 2.24) is 8.85 Å². The van der Waals surface area contributed by atoms with Crippen molar-refractivity contribution in [3.05, 3.63) is 0 Å². The molecule has 0 saturated heterocycles. The van der Waals surface area contributed by atoms with E-state index in [0.717, 1.165) is 0 Å². The predicted molar refractivity (Wildman–Crippen MR) is 50.3 cm³/mol. The molecule has 1 atom stereocenters. The van der Waals surface area contributed by atoms with Crippen LogP contribution in [0.25, 0.3) is 0 Å². The molecule has 1 amide bonds. The van der Waals surface area contributed by atoms with E-state index in [1.807, 2.05) is 0 Å². The number of ketones is 1. The number of halogens is 1. The number of nitrogens with one attached hydrogen (secondary N) is 2. The van der Waals surface area contributed by atoms with Crippen LogP contribution >= 0.6 is 22.9 Å². The van der Waals surface area contributed by atoms with E-state index in [1.165, 1.54) is 6.92 Å². The van der Waals surface area contributed by atoms with Gasteiger partial charge in [0.05, 0.1) is 28.9 Å². The van der Waals surface area contributed by atoms with Crippen LogP contribution in [0.15, 0.2) is 0 Å². The van der Waals surface area contributed by atoms with Gasteiger partial charge >= 0.3 is 0 Å². The summed E-state index contributed by atoms with van der Waals surface area (Å²) in [6, 6.07) is -0.399. The van der Waals surface area contributed by atoms with Crippen molar-refractivity contribution < 1.29 is 9.59 Å². The van der Waals surface area contributed by atoms with Crippen molar-refractivity contribution in [1.29, 1.82) is 0 Å². The number of carbonyl (C=O) groups is 2. The quantitative estimate of drug-likeness (QED) is 0.559. The van der Waals surface area contributed by atoms with Crippen molar-refractivity contribution in [3.8, 4) is 0 Å². The van der Waals surface area contributed by atoms with E-state index >= 15 is 0 Å². The average Bonchev–Trinajstić information content (AvgIpc) is 1.98. The Bertz CT molecular complexity index is 161. The fourth-order valence-electron chi connectivity index (χ4n) is 0.679. The van der Waals surface area contributed by atoms with E-state index in [0.29, 0.717) is 0 Å². The first-order chi connectivity index (χ1) is 5.11. The second-order valence-electron chi connectivity index (χ2n) is 2.21. The van der Waals surface area contributed by atoms with Gasteiger partial charge in [-0.05, 0) is 14.0 Å². The molecule has 2 N–H and O–H groups in total. The SMILES string of the molecule is CN[C@@H](CC(C)=O)C(=O)NI. The topological polar surface area (TPSA) is 58.2 Å². The van der Waals surface area contributed by atoms with Crippen LogP contribution < -0.4 is 8.85 Å². The molecule has 0 heterocycles. The highest BCUT2D eigenvalue weighted by Gasteiger charge is 2.16. The number of rotatable bonds is 4. The molecule has 0 aliphatic carbocycles. The first-order valence-corrected chi connectivity index (χ1v) is 4.27. The summed E-state index contributed by atoms with van der Waals surface area (Å²) in [7, 11) is 1.65. The average molecular weight is 270 g/mol. The third-order valence-electron chi connectivity index (χ3n) is 1.25. The molecule has 0 aromatic carbocycles. The van der Waals surface area contributed by atoms with Gasteiger partial charge in [-0.1, -0.05) is 0 Å². The molecule has 0 aromatic heterocycles. The first kappa shape index (κ1) is 10.8. The molecule has 11 heavy (non-hydrogen) atoms. The standard InChI is InChI=1S/C6H11IN2O2/c1-4(10)3-5(8-2)6(11)9-7/h5,8H,3H2,1-2H3,(H,9,11)/t5-/m0/s1. The van der Waals surface area contributed by atoms with E-state index in [1.54, 1.807) is 29.9 Å². The molecule has 0 aliphatic heterocycles. The smallest absolute Gasteiger partial charge is 0.246 e. The molecule has 4 nitrogen and oxygen atoms in total. The molecule has 0 rings (SSSR count). The van der Waals surface area contributed by atoms with Crippen LogP contribution in [0.5, 0.6) is 0 Å². The Morgan fingerprint density at radius 1 is 1.55 bits per heavy atom. The van der Waals surface area contributed by atoms with Crippen molar-refractivity contribution in [2.45, 2.75) is 19.4 Å². The van der Waals surface area contributed by atoms with Crippen molar-refractivity contribution >= 4 is 34.6 Å². The summed E-state index contributed by atoms with van der Waals surface area (Å²) >= 11 is 1.75. The maximum Gasteiger partial charge on any atom is 0.246 e. The Labute approximate surface area is 79.6 Å². The lowest BCUT2D eigenvalue weighted by Gasteiger charge is -2.10. The van der Waals surface area contributed by atoms with Crippen molar-refractivity contribution in [2.24, 2.45) is 0 Å². The minimum atomic E-state index is -0.399. The summed E-state index contributed by atoms with van der Waals surface area (Å²) < 4.78 is 2.44. The predicted octanol–water partition coefficient (Wildman–Crippen LogP) is 0.0197. The van der Waals surface area contributed by atoms with Crippen LogP contribution in [0.4, 0.5) is 0 Å². The Kier molecular flexibility index (Phi) is 5.39. The lowest BCUT2D eigenvalue weighted by Crippen LogP contribution is -2.40. The number of carbonyl (C=O) groups excluding carboxylic acids is 2. The molecule has 0 aromatic rings. The summed E-state index contributed by atoms with van der Waals surface area (Å²) in [6.07, 6.45) is 0.241. The summed E-state index contributed by atoms with van der Waals surface area (Å²) in [6.45, 7) is 1.46. The highest BCUT2D eigenvalue weighted by Crippen LogP contribution is 1.93. The van der Waals surface area contributed by atoms with Crippen molar-refractivity contribution in [2.75, 3.05) is 7.05 Å². The molecular formula is C6H11IN2O2. The minimum Gasteiger partial charge on any atom is -0.309 e. The van der Waals surface area contributed by atoms with Gasteiger partial charge in [-0.3, -0.25) is 13.1 Å². The zero-order valence-electron chi connectivity index (χ0n) is 6.48. The fourth-order valence-corrected chi connectivity index (χ4v) is 1.06. The lowest BCUT2D eigenvalue weighted by molar-refractivity contribution is -0.125. The van der Waals surface area contributed by atoms with Gasteiger partial charge in [-0.15, -0.1) is 0 Å². The Hall–Kier alpha value is -0.170. The van der Waals surface area contributed by atoms with Crippen LogP contribution in [-0.4, -0.2) is 24.8 Å². The molecular weight excluding hydrogens is 259 g/mol. The van der Waals surface area contributed by atoms with Gasteiger partial charge in [0, 0.05) is 6.42 Å². The third-order valence-corrected chi connectivity index (χ3v) is 1.78. The van der Waals surface area contributed by atoms with Crippen LogP contribution in [0.3, 0.4) is 0 Å². The largest absolute Gasteiger partial charge is 0.309 e. The molecule has 0 bridgehead atoms. The molecule has 0 unspecified atom stereocenters. The van der Waals surface area contributed by atoms with E-state index < -0.39 is 6.04 Å². The molecule has 0 fully saturated rings. The van der Waals surface area contributed by atoms with Crippen molar-refractivity contribution in [3.63, 3.8) is 0 Å². The number of hydrogen-bond donors (Lipinski definition) is 2. The molecule has 0 saturated carbocycles. The lowest BCUT2D eigenvalue weighted by atomic mass is 10.1. The Morgan fingerprint density at radius 2 is 2.09 bits per heavy atom. The third kappa shape index (κ3) is 4.31. The maximum absolute atomic E-state index is 10.9. The molecule has 0 spiro atoms. The Balaban J connectivity index is 3.94. The molecule has 64 valence electrons. The fraction of sp³-hybridized carbons (Fsp3) is 0.667. The zero-order chi connectivity index (χ0) is 8.85. The molecule has 0 aliphatic rings. The summed E-state index contributed by atoms with van der Waals surface area (Å²) in [4.78, 5) is 21.6. The summed E-state index contributed by atoms with van der Waals surface area (Å²) in [5.41, 5.74) is 0. The van der Waals surface area contributed by atoms with E-state index in [4.69, 9.17) is 0 Å². The van der Waals surface area contributed by atoms with Crippen LogP contribution in [0.2, 0.25) is 0 Å².